The van der Waals surface area contributed by atoms with Gasteiger partial charge in [-0.1, -0.05) is 52.5 Å². The van der Waals surface area contributed by atoms with Crippen molar-refractivity contribution in [1.82, 2.24) is 9.30 Å². The van der Waals surface area contributed by atoms with Crippen LogP contribution in [0.1, 0.15) is 71.3 Å². The van der Waals surface area contributed by atoms with Gasteiger partial charge in [0.15, 0.2) is 0 Å². The Kier molecular flexibility index (Phi) is 12.8. The van der Waals surface area contributed by atoms with E-state index < -0.39 is 9.84 Å². The standard InChI is InChI=1S/C29H42N2O3S.ClH/c1-4-7-10-19-30(20-11-8-5-2)21-13-23-34-26-15-17-27(18-16-26)35(32,33)29-25(6-3)24-31-22-12-9-14-28(29)31;/h9,12,14-18,22,24H,4-8,10-11,13,19-21,23H2,1-3H3;1H. The zero-order valence-corrected chi connectivity index (χ0v) is 23.8. The van der Waals surface area contributed by atoms with Crippen molar-refractivity contribution in [3.05, 3.63) is 60.4 Å². The van der Waals surface area contributed by atoms with Crippen molar-refractivity contribution in [3.8, 4) is 5.75 Å². The first kappa shape index (κ1) is 30.2. The average Bonchev–Trinajstić information content (AvgIpc) is 3.26. The number of fused-ring (bicyclic) bond motifs is 1. The summed E-state index contributed by atoms with van der Waals surface area (Å²) in [5, 5.41) is 0. The lowest BCUT2D eigenvalue weighted by atomic mass is 10.2. The second-order valence-electron chi connectivity index (χ2n) is 9.26. The fraction of sp³-hybridized carbons (Fsp3) is 0.517. The van der Waals surface area contributed by atoms with Crippen LogP contribution in [-0.4, -0.2) is 44.0 Å². The normalized spacial score (nSPS) is 11.7. The molecule has 0 aliphatic heterocycles. The van der Waals surface area contributed by atoms with Gasteiger partial charge in [0.05, 0.1) is 17.0 Å². The summed E-state index contributed by atoms with van der Waals surface area (Å²) in [5.74, 6) is 0.713. The fourth-order valence-electron chi connectivity index (χ4n) is 4.53. The number of pyridine rings is 1. The van der Waals surface area contributed by atoms with Crippen LogP contribution in [0.4, 0.5) is 0 Å². The summed E-state index contributed by atoms with van der Waals surface area (Å²) in [6.45, 7) is 10.5. The van der Waals surface area contributed by atoms with Crippen LogP contribution in [0, 0.1) is 0 Å². The highest BCUT2D eigenvalue weighted by molar-refractivity contribution is 7.91. The van der Waals surface area contributed by atoms with Gasteiger partial charge in [-0.05, 0) is 80.7 Å². The van der Waals surface area contributed by atoms with E-state index in [9.17, 15) is 8.42 Å². The monoisotopic (exact) mass is 534 g/mol. The van der Waals surface area contributed by atoms with Gasteiger partial charge in [0, 0.05) is 18.9 Å². The number of halogens is 1. The Morgan fingerprint density at radius 2 is 1.47 bits per heavy atom. The van der Waals surface area contributed by atoms with Gasteiger partial charge in [0.1, 0.15) is 10.6 Å². The number of ether oxygens (including phenoxy) is 1. The number of unbranched alkanes of at least 4 members (excludes halogenated alkanes) is 4. The number of benzene rings is 1. The topological polar surface area (TPSA) is 51.0 Å². The molecule has 0 N–H and O–H groups in total. The van der Waals surface area contributed by atoms with E-state index >= 15 is 0 Å². The molecule has 0 radical (unpaired) electrons. The molecule has 0 fully saturated rings. The van der Waals surface area contributed by atoms with Crippen molar-refractivity contribution >= 4 is 27.8 Å². The van der Waals surface area contributed by atoms with Crippen LogP contribution < -0.4 is 4.74 Å². The maximum atomic E-state index is 13.5. The number of nitrogens with zero attached hydrogens (tertiary/aromatic N) is 2. The number of hydrogen-bond donors (Lipinski definition) is 0. The van der Waals surface area contributed by atoms with Gasteiger partial charge in [-0.2, -0.15) is 0 Å². The van der Waals surface area contributed by atoms with E-state index in [4.69, 9.17) is 4.74 Å². The summed E-state index contributed by atoms with van der Waals surface area (Å²) >= 11 is 0. The third kappa shape index (κ3) is 7.99. The van der Waals surface area contributed by atoms with Gasteiger partial charge >= 0.3 is 0 Å². The molecule has 36 heavy (non-hydrogen) atoms. The molecular formula is C29H43ClN2O3S. The van der Waals surface area contributed by atoms with E-state index in [0.29, 0.717) is 34.1 Å². The largest absolute Gasteiger partial charge is 0.494 e. The molecule has 0 unspecified atom stereocenters. The Morgan fingerprint density at radius 1 is 0.833 bits per heavy atom. The lowest BCUT2D eigenvalue weighted by Gasteiger charge is -2.22. The number of rotatable bonds is 16. The first-order valence-corrected chi connectivity index (χ1v) is 14.8. The molecule has 0 aliphatic carbocycles. The van der Waals surface area contributed by atoms with Crippen LogP contribution in [0.2, 0.25) is 0 Å². The molecule has 0 amide bonds. The van der Waals surface area contributed by atoms with Crippen molar-refractivity contribution in [2.45, 2.75) is 81.9 Å². The van der Waals surface area contributed by atoms with E-state index in [1.54, 1.807) is 24.3 Å². The maximum absolute atomic E-state index is 13.5. The van der Waals surface area contributed by atoms with Gasteiger partial charge in [0.2, 0.25) is 9.84 Å². The molecule has 0 bridgehead atoms. The van der Waals surface area contributed by atoms with E-state index in [0.717, 1.165) is 18.5 Å². The molecule has 0 saturated heterocycles. The van der Waals surface area contributed by atoms with E-state index in [-0.39, 0.29) is 12.4 Å². The van der Waals surface area contributed by atoms with Crippen LogP contribution >= 0.6 is 12.4 Å². The van der Waals surface area contributed by atoms with Crippen LogP contribution in [0.3, 0.4) is 0 Å². The predicted molar refractivity (Wildman–Crippen MR) is 152 cm³/mol. The Morgan fingerprint density at radius 3 is 2.08 bits per heavy atom. The Bertz CT molecular complexity index is 1130. The first-order valence-electron chi connectivity index (χ1n) is 13.3. The van der Waals surface area contributed by atoms with Crippen molar-refractivity contribution in [2.75, 3.05) is 26.2 Å². The lowest BCUT2D eigenvalue weighted by Crippen LogP contribution is -2.28. The van der Waals surface area contributed by atoms with Crippen LogP contribution in [-0.2, 0) is 16.3 Å². The Balaban J connectivity index is 0.00000456. The SMILES string of the molecule is CCCCCN(CCCCC)CCCOc1ccc(S(=O)(=O)c2c(CC)cn3ccccc23)cc1.Cl. The maximum Gasteiger partial charge on any atom is 0.208 e. The van der Waals surface area contributed by atoms with Crippen LogP contribution in [0.15, 0.2) is 64.6 Å². The minimum Gasteiger partial charge on any atom is -0.494 e. The van der Waals surface area contributed by atoms with Gasteiger partial charge in [0.25, 0.3) is 0 Å². The van der Waals surface area contributed by atoms with Crippen molar-refractivity contribution in [3.63, 3.8) is 0 Å². The van der Waals surface area contributed by atoms with Crippen LogP contribution in [0.25, 0.3) is 5.52 Å². The average molecular weight is 535 g/mol. The molecule has 1 aromatic carbocycles. The molecule has 2 heterocycles. The van der Waals surface area contributed by atoms with E-state index in [2.05, 4.69) is 18.7 Å². The zero-order chi connectivity index (χ0) is 25.1. The number of aryl methyl sites for hydroxylation is 1. The highest BCUT2D eigenvalue weighted by atomic mass is 35.5. The third-order valence-electron chi connectivity index (χ3n) is 6.54. The molecule has 0 saturated carbocycles. The van der Waals surface area contributed by atoms with Gasteiger partial charge in [-0.25, -0.2) is 8.42 Å². The highest BCUT2D eigenvalue weighted by Crippen LogP contribution is 2.31. The summed E-state index contributed by atoms with van der Waals surface area (Å²) in [6, 6.07) is 12.5. The van der Waals surface area contributed by atoms with Gasteiger partial charge in [-0.15, -0.1) is 12.4 Å². The highest BCUT2D eigenvalue weighted by Gasteiger charge is 2.25. The number of hydrogen-bond acceptors (Lipinski definition) is 4. The summed E-state index contributed by atoms with van der Waals surface area (Å²) < 4.78 is 34.8. The molecule has 5 nitrogen and oxygen atoms in total. The summed E-state index contributed by atoms with van der Waals surface area (Å²) in [5.41, 5.74) is 1.55. The van der Waals surface area contributed by atoms with E-state index in [1.807, 2.05) is 41.9 Å². The van der Waals surface area contributed by atoms with E-state index in [1.165, 1.54) is 51.6 Å². The Labute approximate surface area is 224 Å². The third-order valence-corrected chi connectivity index (χ3v) is 8.44. The molecule has 200 valence electrons. The smallest absolute Gasteiger partial charge is 0.208 e. The lowest BCUT2D eigenvalue weighted by molar-refractivity contribution is 0.227. The Hall–Kier alpha value is -2.02. The molecule has 0 spiro atoms. The summed E-state index contributed by atoms with van der Waals surface area (Å²) in [4.78, 5) is 3.27. The minimum absolute atomic E-state index is 0. The van der Waals surface area contributed by atoms with Gasteiger partial charge in [-0.3, -0.25) is 0 Å². The number of aromatic nitrogens is 1. The summed E-state index contributed by atoms with van der Waals surface area (Å²) in [6.07, 6.45) is 13.0. The molecule has 3 rings (SSSR count). The molecule has 0 aliphatic rings. The van der Waals surface area contributed by atoms with Crippen molar-refractivity contribution in [2.24, 2.45) is 0 Å². The minimum atomic E-state index is -3.62. The van der Waals surface area contributed by atoms with Crippen molar-refractivity contribution in [1.29, 1.82) is 0 Å². The molecule has 2 aromatic heterocycles. The fourth-order valence-corrected chi connectivity index (χ4v) is 6.25. The van der Waals surface area contributed by atoms with Gasteiger partial charge < -0.3 is 14.0 Å². The second kappa shape index (κ2) is 15.3. The number of sulfone groups is 1. The zero-order valence-electron chi connectivity index (χ0n) is 22.1. The molecule has 7 heteroatoms. The summed E-state index contributed by atoms with van der Waals surface area (Å²) in [7, 11) is -3.62. The molecular weight excluding hydrogens is 492 g/mol. The quantitative estimate of drug-likeness (QED) is 0.182. The van der Waals surface area contributed by atoms with Crippen molar-refractivity contribution < 1.29 is 13.2 Å². The van der Waals surface area contributed by atoms with Crippen LogP contribution in [0.5, 0.6) is 5.75 Å². The first-order chi connectivity index (χ1) is 17.0. The molecule has 0 atom stereocenters. The second-order valence-corrected chi connectivity index (χ2v) is 11.1. The molecule has 3 aromatic rings. The predicted octanol–water partition coefficient (Wildman–Crippen LogP) is 7.21.